The standard InChI is InChI=1S/C12H10ClFN2O/c13-8-3-4-10(14)9(5-8)12(17)16-11(6-15)7-1-2-7/h3-5,7,11H,1-2H2,(H,16,17). The number of halogens is 2. The van der Waals surface area contributed by atoms with Crippen LogP contribution in [0.5, 0.6) is 0 Å². The summed E-state index contributed by atoms with van der Waals surface area (Å²) in [5.74, 6) is -1.03. The summed E-state index contributed by atoms with van der Waals surface area (Å²) in [6, 6.07) is 5.23. The largest absolute Gasteiger partial charge is 0.336 e. The van der Waals surface area contributed by atoms with Gasteiger partial charge in [0, 0.05) is 5.02 Å². The van der Waals surface area contributed by atoms with Crippen molar-refractivity contribution in [2.75, 3.05) is 0 Å². The molecule has 88 valence electrons. The second-order valence-electron chi connectivity index (χ2n) is 4.04. The molecule has 5 heteroatoms. The van der Waals surface area contributed by atoms with Crippen molar-refractivity contribution in [3.8, 4) is 6.07 Å². The molecule has 0 spiro atoms. The number of nitriles is 1. The molecule has 1 unspecified atom stereocenters. The third-order valence-electron chi connectivity index (χ3n) is 2.69. The summed E-state index contributed by atoms with van der Waals surface area (Å²) in [7, 11) is 0. The molecule has 0 aliphatic heterocycles. The first kappa shape index (κ1) is 11.9. The number of rotatable bonds is 3. The Bertz CT molecular complexity index is 494. The normalized spacial score (nSPS) is 16.1. The van der Waals surface area contributed by atoms with Crippen LogP contribution in [0.25, 0.3) is 0 Å². The zero-order chi connectivity index (χ0) is 12.4. The molecule has 1 aliphatic carbocycles. The van der Waals surface area contributed by atoms with Crippen molar-refractivity contribution in [3.05, 3.63) is 34.6 Å². The molecule has 1 saturated carbocycles. The van der Waals surface area contributed by atoms with E-state index in [9.17, 15) is 9.18 Å². The maximum absolute atomic E-state index is 13.4. The van der Waals surface area contributed by atoms with Gasteiger partial charge < -0.3 is 5.32 Å². The minimum absolute atomic E-state index is 0.126. The Balaban J connectivity index is 2.13. The fourth-order valence-corrected chi connectivity index (χ4v) is 1.75. The van der Waals surface area contributed by atoms with Crippen LogP contribution in [-0.2, 0) is 0 Å². The number of carbonyl (C=O) groups is 1. The summed E-state index contributed by atoms with van der Waals surface area (Å²) in [4.78, 5) is 11.8. The fourth-order valence-electron chi connectivity index (χ4n) is 1.58. The van der Waals surface area contributed by atoms with Gasteiger partial charge in [-0.2, -0.15) is 5.26 Å². The van der Waals surface area contributed by atoms with E-state index in [1.54, 1.807) is 0 Å². The lowest BCUT2D eigenvalue weighted by Crippen LogP contribution is -2.35. The van der Waals surface area contributed by atoms with Crippen molar-refractivity contribution in [2.45, 2.75) is 18.9 Å². The van der Waals surface area contributed by atoms with Gasteiger partial charge in [-0.1, -0.05) is 11.6 Å². The van der Waals surface area contributed by atoms with Crippen molar-refractivity contribution in [2.24, 2.45) is 5.92 Å². The van der Waals surface area contributed by atoms with Crippen molar-refractivity contribution in [1.29, 1.82) is 5.26 Å². The molecular formula is C12H10ClFN2O. The van der Waals surface area contributed by atoms with E-state index < -0.39 is 17.8 Å². The number of benzene rings is 1. The Morgan fingerprint density at radius 1 is 1.59 bits per heavy atom. The number of nitrogens with one attached hydrogen (secondary N) is 1. The molecule has 1 fully saturated rings. The monoisotopic (exact) mass is 252 g/mol. The van der Waals surface area contributed by atoms with E-state index in [0.717, 1.165) is 18.9 Å². The Hall–Kier alpha value is -1.60. The van der Waals surface area contributed by atoms with Gasteiger partial charge in [0.05, 0.1) is 11.6 Å². The third-order valence-corrected chi connectivity index (χ3v) is 2.93. The van der Waals surface area contributed by atoms with Crippen molar-refractivity contribution in [3.63, 3.8) is 0 Å². The maximum Gasteiger partial charge on any atom is 0.255 e. The van der Waals surface area contributed by atoms with Gasteiger partial charge in [-0.05, 0) is 37.0 Å². The molecule has 0 aromatic heterocycles. The highest BCUT2D eigenvalue weighted by Gasteiger charge is 2.32. The van der Waals surface area contributed by atoms with Gasteiger partial charge in [-0.15, -0.1) is 0 Å². The lowest BCUT2D eigenvalue weighted by atomic mass is 10.1. The summed E-state index contributed by atoms with van der Waals surface area (Å²) in [6.07, 6.45) is 1.85. The predicted octanol–water partition coefficient (Wildman–Crippen LogP) is 2.51. The number of hydrogen-bond acceptors (Lipinski definition) is 2. The lowest BCUT2D eigenvalue weighted by Gasteiger charge is -2.10. The van der Waals surface area contributed by atoms with Gasteiger partial charge >= 0.3 is 0 Å². The molecule has 0 bridgehead atoms. The topological polar surface area (TPSA) is 52.9 Å². The first-order valence-electron chi connectivity index (χ1n) is 5.27. The van der Waals surface area contributed by atoms with Gasteiger partial charge in [0.2, 0.25) is 0 Å². The molecule has 0 heterocycles. The van der Waals surface area contributed by atoms with Gasteiger partial charge in [-0.25, -0.2) is 4.39 Å². The van der Waals surface area contributed by atoms with Crippen LogP contribution in [0.1, 0.15) is 23.2 Å². The van der Waals surface area contributed by atoms with Crippen LogP contribution in [0.2, 0.25) is 5.02 Å². The fraction of sp³-hybridized carbons (Fsp3) is 0.333. The van der Waals surface area contributed by atoms with E-state index in [-0.39, 0.29) is 16.5 Å². The van der Waals surface area contributed by atoms with Gasteiger partial charge in [0.1, 0.15) is 11.9 Å². The molecule has 1 aromatic rings. The van der Waals surface area contributed by atoms with E-state index in [4.69, 9.17) is 16.9 Å². The van der Waals surface area contributed by atoms with E-state index in [1.807, 2.05) is 6.07 Å². The second kappa shape index (κ2) is 4.72. The van der Waals surface area contributed by atoms with Crippen LogP contribution >= 0.6 is 11.6 Å². The molecule has 1 aromatic carbocycles. The number of hydrogen-bond donors (Lipinski definition) is 1. The van der Waals surface area contributed by atoms with Crippen LogP contribution in [0.3, 0.4) is 0 Å². The van der Waals surface area contributed by atoms with Gasteiger partial charge in [0.25, 0.3) is 5.91 Å². The minimum Gasteiger partial charge on any atom is -0.336 e. The molecular weight excluding hydrogens is 243 g/mol. The Morgan fingerprint density at radius 3 is 2.88 bits per heavy atom. The molecule has 1 N–H and O–H groups in total. The summed E-state index contributed by atoms with van der Waals surface area (Å²) < 4.78 is 13.4. The molecule has 2 rings (SSSR count). The Morgan fingerprint density at radius 2 is 2.29 bits per heavy atom. The smallest absolute Gasteiger partial charge is 0.255 e. The number of carbonyl (C=O) groups excluding carboxylic acids is 1. The SMILES string of the molecule is N#CC(NC(=O)c1cc(Cl)ccc1F)C1CC1. The first-order chi connectivity index (χ1) is 8.11. The summed E-state index contributed by atoms with van der Waals surface area (Å²) in [5, 5.41) is 11.7. The number of amides is 1. The van der Waals surface area contributed by atoms with Crippen LogP contribution in [0.4, 0.5) is 4.39 Å². The molecule has 1 atom stereocenters. The van der Waals surface area contributed by atoms with Crippen molar-refractivity contribution < 1.29 is 9.18 Å². The molecule has 0 saturated heterocycles. The van der Waals surface area contributed by atoms with Crippen LogP contribution in [-0.4, -0.2) is 11.9 Å². The molecule has 1 aliphatic rings. The molecule has 3 nitrogen and oxygen atoms in total. The van der Waals surface area contributed by atoms with Crippen molar-refractivity contribution in [1.82, 2.24) is 5.32 Å². The summed E-state index contributed by atoms with van der Waals surface area (Å²) >= 11 is 5.69. The van der Waals surface area contributed by atoms with Crippen LogP contribution < -0.4 is 5.32 Å². The first-order valence-corrected chi connectivity index (χ1v) is 5.65. The highest BCUT2D eigenvalue weighted by molar-refractivity contribution is 6.31. The molecule has 1 amide bonds. The Kier molecular flexibility index (Phi) is 3.30. The maximum atomic E-state index is 13.4. The van der Waals surface area contributed by atoms with Gasteiger partial charge in [-0.3, -0.25) is 4.79 Å². The zero-order valence-corrected chi connectivity index (χ0v) is 9.67. The zero-order valence-electron chi connectivity index (χ0n) is 8.91. The highest BCUT2D eigenvalue weighted by Crippen LogP contribution is 2.32. The van der Waals surface area contributed by atoms with Crippen LogP contribution in [0, 0.1) is 23.1 Å². The Labute approximate surface area is 103 Å². The predicted molar refractivity (Wildman–Crippen MR) is 61.0 cm³/mol. The van der Waals surface area contributed by atoms with Crippen LogP contribution in [0.15, 0.2) is 18.2 Å². The lowest BCUT2D eigenvalue weighted by molar-refractivity contribution is 0.0938. The molecule has 17 heavy (non-hydrogen) atoms. The quantitative estimate of drug-likeness (QED) is 0.899. The minimum atomic E-state index is -0.639. The summed E-state index contributed by atoms with van der Waals surface area (Å²) in [6.45, 7) is 0. The average molecular weight is 253 g/mol. The average Bonchev–Trinajstić information content (AvgIpc) is 3.13. The van der Waals surface area contributed by atoms with E-state index in [1.165, 1.54) is 12.1 Å². The van der Waals surface area contributed by atoms with Gasteiger partial charge in [0.15, 0.2) is 0 Å². The third kappa shape index (κ3) is 2.75. The van der Waals surface area contributed by atoms with E-state index >= 15 is 0 Å². The van der Waals surface area contributed by atoms with Crippen molar-refractivity contribution >= 4 is 17.5 Å². The van der Waals surface area contributed by atoms with E-state index in [2.05, 4.69) is 5.32 Å². The second-order valence-corrected chi connectivity index (χ2v) is 4.48. The summed E-state index contributed by atoms with van der Waals surface area (Å²) in [5.41, 5.74) is -0.126. The molecule has 0 radical (unpaired) electrons. The number of nitrogens with zero attached hydrogens (tertiary/aromatic N) is 1. The van der Waals surface area contributed by atoms with E-state index in [0.29, 0.717) is 0 Å². The highest BCUT2D eigenvalue weighted by atomic mass is 35.5.